The van der Waals surface area contributed by atoms with Crippen molar-refractivity contribution >= 4 is 5.91 Å². The fourth-order valence-corrected chi connectivity index (χ4v) is 2.99. The van der Waals surface area contributed by atoms with Gasteiger partial charge in [0.05, 0.1) is 12.0 Å². The molecular weight excluding hydrogens is 252 g/mol. The number of rotatable bonds is 4. The number of nitrogens with one attached hydrogen (secondary N) is 1. The molecule has 1 saturated heterocycles. The van der Waals surface area contributed by atoms with E-state index in [0.717, 1.165) is 18.5 Å². The Morgan fingerprint density at radius 2 is 2.30 bits per heavy atom. The molecule has 1 amide bonds. The van der Waals surface area contributed by atoms with Crippen molar-refractivity contribution in [1.82, 2.24) is 10.2 Å². The van der Waals surface area contributed by atoms with Gasteiger partial charge in [0.2, 0.25) is 5.91 Å². The quantitative estimate of drug-likeness (QED) is 0.887. The van der Waals surface area contributed by atoms with E-state index in [0.29, 0.717) is 6.54 Å². The molecule has 0 bridgehead atoms. The molecule has 1 fully saturated rings. The Morgan fingerprint density at radius 3 is 2.85 bits per heavy atom. The fraction of sp³-hybridized carbons (Fsp3) is 0.562. The van der Waals surface area contributed by atoms with Crippen LogP contribution in [-0.4, -0.2) is 35.0 Å². The van der Waals surface area contributed by atoms with Crippen LogP contribution < -0.4 is 5.32 Å². The van der Waals surface area contributed by atoms with Crippen LogP contribution in [0.15, 0.2) is 24.3 Å². The third kappa shape index (κ3) is 2.96. The molecule has 3 unspecified atom stereocenters. The van der Waals surface area contributed by atoms with Crippen LogP contribution in [0.3, 0.4) is 0 Å². The summed E-state index contributed by atoms with van der Waals surface area (Å²) in [7, 11) is 0. The number of hydrogen-bond donors (Lipinski definition) is 2. The summed E-state index contributed by atoms with van der Waals surface area (Å²) in [4.78, 5) is 14.6. The van der Waals surface area contributed by atoms with E-state index in [-0.39, 0.29) is 29.7 Å². The summed E-state index contributed by atoms with van der Waals surface area (Å²) in [6.07, 6.45) is 0.906. The lowest BCUT2D eigenvalue weighted by Gasteiger charge is -2.32. The minimum absolute atomic E-state index is 0.0209. The van der Waals surface area contributed by atoms with Crippen molar-refractivity contribution < 1.29 is 9.90 Å². The van der Waals surface area contributed by atoms with Gasteiger partial charge in [-0.25, -0.2) is 0 Å². The van der Waals surface area contributed by atoms with Crippen LogP contribution in [0, 0.1) is 5.92 Å². The van der Waals surface area contributed by atoms with E-state index in [1.807, 2.05) is 30.9 Å². The zero-order valence-corrected chi connectivity index (χ0v) is 12.5. The monoisotopic (exact) mass is 276 g/mol. The molecule has 0 aromatic heterocycles. The number of aromatic hydroxyl groups is 1. The van der Waals surface area contributed by atoms with Gasteiger partial charge in [-0.2, -0.15) is 0 Å². The summed E-state index contributed by atoms with van der Waals surface area (Å²) in [5.74, 6) is 0.518. The van der Waals surface area contributed by atoms with Crippen molar-refractivity contribution in [3.63, 3.8) is 0 Å². The molecule has 4 nitrogen and oxygen atoms in total. The Kier molecular flexibility index (Phi) is 4.65. The zero-order valence-electron chi connectivity index (χ0n) is 12.5. The van der Waals surface area contributed by atoms with Crippen LogP contribution >= 0.6 is 0 Å². The van der Waals surface area contributed by atoms with E-state index >= 15 is 0 Å². The first-order valence-electron chi connectivity index (χ1n) is 7.37. The van der Waals surface area contributed by atoms with Crippen LogP contribution in [0.1, 0.15) is 38.8 Å². The molecule has 1 aliphatic heterocycles. The van der Waals surface area contributed by atoms with Gasteiger partial charge in [-0.05, 0) is 51.4 Å². The molecule has 0 spiro atoms. The van der Waals surface area contributed by atoms with Gasteiger partial charge in [0.1, 0.15) is 5.75 Å². The van der Waals surface area contributed by atoms with Gasteiger partial charge in [-0.15, -0.1) is 0 Å². The van der Waals surface area contributed by atoms with E-state index in [1.54, 1.807) is 12.1 Å². The Hall–Kier alpha value is -1.55. The normalized spacial score (nSPS) is 23.6. The maximum atomic E-state index is 12.7. The summed E-state index contributed by atoms with van der Waals surface area (Å²) in [6.45, 7) is 7.68. The summed E-state index contributed by atoms with van der Waals surface area (Å²) >= 11 is 0. The van der Waals surface area contributed by atoms with Crippen molar-refractivity contribution in [2.24, 2.45) is 5.92 Å². The van der Waals surface area contributed by atoms with Crippen molar-refractivity contribution in [2.45, 2.75) is 39.3 Å². The van der Waals surface area contributed by atoms with Crippen LogP contribution in [0.5, 0.6) is 5.75 Å². The Morgan fingerprint density at radius 1 is 1.55 bits per heavy atom. The first-order valence-corrected chi connectivity index (χ1v) is 7.37. The van der Waals surface area contributed by atoms with E-state index < -0.39 is 0 Å². The molecule has 1 aromatic rings. The SMILES string of the molecule is CCN(C(=O)C1CCNC1C)C(C)c1cccc(O)c1. The first kappa shape index (κ1) is 14.9. The van der Waals surface area contributed by atoms with Gasteiger partial charge in [-0.1, -0.05) is 12.1 Å². The number of nitrogens with zero attached hydrogens (tertiary/aromatic N) is 1. The lowest BCUT2D eigenvalue weighted by Crippen LogP contribution is -2.41. The Bertz CT molecular complexity index is 475. The second-order valence-electron chi connectivity index (χ2n) is 5.53. The second-order valence-corrected chi connectivity index (χ2v) is 5.53. The lowest BCUT2D eigenvalue weighted by atomic mass is 9.98. The highest BCUT2D eigenvalue weighted by molar-refractivity contribution is 5.80. The number of amides is 1. The Labute approximate surface area is 120 Å². The van der Waals surface area contributed by atoms with Gasteiger partial charge in [-0.3, -0.25) is 4.79 Å². The van der Waals surface area contributed by atoms with Crippen molar-refractivity contribution in [2.75, 3.05) is 13.1 Å². The third-order valence-electron chi connectivity index (χ3n) is 4.29. The fourth-order valence-electron chi connectivity index (χ4n) is 2.99. The molecule has 2 N–H and O–H groups in total. The van der Waals surface area contributed by atoms with Crippen LogP contribution in [0.25, 0.3) is 0 Å². The predicted molar refractivity (Wildman–Crippen MR) is 79.5 cm³/mol. The Balaban J connectivity index is 2.16. The predicted octanol–water partition coefficient (Wildman–Crippen LogP) is 2.30. The van der Waals surface area contributed by atoms with Crippen LogP contribution in [-0.2, 0) is 4.79 Å². The molecular formula is C16H24N2O2. The van der Waals surface area contributed by atoms with Gasteiger partial charge < -0.3 is 15.3 Å². The smallest absolute Gasteiger partial charge is 0.227 e. The largest absolute Gasteiger partial charge is 0.508 e. The van der Waals surface area contributed by atoms with E-state index in [4.69, 9.17) is 0 Å². The maximum absolute atomic E-state index is 12.7. The van der Waals surface area contributed by atoms with Gasteiger partial charge in [0.25, 0.3) is 0 Å². The van der Waals surface area contributed by atoms with Crippen molar-refractivity contribution in [3.05, 3.63) is 29.8 Å². The van der Waals surface area contributed by atoms with Crippen molar-refractivity contribution in [3.8, 4) is 5.75 Å². The second kappa shape index (κ2) is 6.27. The van der Waals surface area contributed by atoms with Crippen LogP contribution in [0.2, 0.25) is 0 Å². The minimum Gasteiger partial charge on any atom is -0.508 e. The topological polar surface area (TPSA) is 52.6 Å². The average Bonchev–Trinajstić information content (AvgIpc) is 2.85. The molecule has 0 saturated carbocycles. The van der Waals surface area contributed by atoms with Crippen LogP contribution in [0.4, 0.5) is 0 Å². The summed E-state index contributed by atoms with van der Waals surface area (Å²) in [5.41, 5.74) is 0.971. The number of hydrogen-bond acceptors (Lipinski definition) is 3. The van der Waals surface area contributed by atoms with E-state index in [2.05, 4.69) is 12.2 Å². The summed E-state index contributed by atoms with van der Waals surface area (Å²) in [5, 5.41) is 12.9. The molecule has 3 atom stereocenters. The van der Waals surface area contributed by atoms with Crippen molar-refractivity contribution in [1.29, 1.82) is 0 Å². The lowest BCUT2D eigenvalue weighted by molar-refractivity contribution is -0.137. The number of carbonyl (C=O) groups is 1. The first-order chi connectivity index (χ1) is 9.54. The molecule has 0 radical (unpaired) electrons. The van der Waals surface area contributed by atoms with Gasteiger partial charge in [0, 0.05) is 12.6 Å². The number of phenols is 1. The molecule has 110 valence electrons. The molecule has 4 heteroatoms. The molecule has 20 heavy (non-hydrogen) atoms. The van der Waals surface area contributed by atoms with Gasteiger partial charge >= 0.3 is 0 Å². The highest BCUT2D eigenvalue weighted by Gasteiger charge is 2.34. The van der Waals surface area contributed by atoms with Gasteiger partial charge in [0.15, 0.2) is 0 Å². The molecule has 1 heterocycles. The molecule has 0 aliphatic carbocycles. The standard InChI is InChI=1S/C16H24N2O2/c1-4-18(16(20)15-8-9-17-11(15)2)12(3)13-6-5-7-14(19)10-13/h5-7,10-12,15,17,19H,4,8-9H2,1-3H3. The highest BCUT2D eigenvalue weighted by atomic mass is 16.3. The van der Waals surface area contributed by atoms with E-state index in [1.165, 1.54) is 0 Å². The number of benzene rings is 1. The summed E-state index contributed by atoms with van der Waals surface area (Å²) in [6, 6.07) is 7.38. The average molecular weight is 276 g/mol. The number of phenolic OH excluding ortho intramolecular Hbond substituents is 1. The minimum atomic E-state index is -0.0209. The molecule has 1 aromatic carbocycles. The zero-order chi connectivity index (χ0) is 14.7. The molecule has 1 aliphatic rings. The number of carbonyl (C=O) groups excluding carboxylic acids is 1. The maximum Gasteiger partial charge on any atom is 0.227 e. The van der Waals surface area contributed by atoms with E-state index in [9.17, 15) is 9.90 Å². The summed E-state index contributed by atoms with van der Waals surface area (Å²) < 4.78 is 0. The molecule has 2 rings (SSSR count). The highest BCUT2D eigenvalue weighted by Crippen LogP contribution is 2.27. The third-order valence-corrected chi connectivity index (χ3v) is 4.29.